The van der Waals surface area contributed by atoms with Gasteiger partial charge in [-0.25, -0.2) is 0 Å². The molecule has 20 heavy (non-hydrogen) atoms. The molecule has 1 N–H and O–H groups in total. The summed E-state index contributed by atoms with van der Waals surface area (Å²) in [7, 11) is 0. The summed E-state index contributed by atoms with van der Waals surface area (Å²) in [5, 5.41) is 11.9. The molecule has 0 aliphatic rings. The Morgan fingerprint density at radius 2 is 2.00 bits per heavy atom. The van der Waals surface area contributed by atoms with Crippen molar-refractivity contribution in [2.45, 2.75) is 27.2 Å². The van der Waals surface area contributed by atoms with Crippen LogP contribution in [-0.4, -0.2) is 22.7 Å². The predicted octanol–water partition coefficient (Wildman–Crippen LogP) is 2.73. The minimum absolute atomic E-state index is 0.0350. The molecule has 0 fully saturated rings. The maximum Gasteiger partial charge on any atom is 0.264 e. The summed E-state index contributed by atoms with van der Waals surface area (Å²) in [6.45, 7) is 5.87. The highest BCUT2D eigenvalue weighted by molar-refractivity contribution is 7.15. The van der Waals surface area contributed by atoms with Crippen molar-refractivity contribution >= 4 is 22.4 Å². The lowest BCUT2D eigenvalue weighted by Crippen LogP contribution is -2.20. The van der Waals surface area contributed by atoms with Crippen molar-refractivity contribution in [1.29, 1.82) is 0 Å². The van der Waals surface area contributed by atoms with Crippen LogP contribution in [0.1, 0.15) is 23.1 Å². The van der Waals surface area contributed by atoms with E-state index in [1.165, 1.54) is 11.3 Å². The number of hydrogen-bond donors (Lipinski definition) is 1. The molecule has 0 spiro atoms. The molecule has 0 atom stereocenters. The molecule has 0 radical (unpaired) electrons. The third-order valence-electron chi connectivity index (χ3n) is 2.77. The highest BCUT2D eigenvalue weighted by Gasteiger charge is 2.10. The second-order valence-corrected chi connectivity index (χ2v) is 5.47. The number of anilines is 1. The maximum atomic E-state index is 11.8. The van der Waals surface area contributed by atoms with Gasteiger partial charge in [-0.05, 0) is 31.4 Å². The van der Waals surface area contributed by atoms with Gasteiger partial charge in [0.15, 0.2) is 6.61 Å². The van der Waals surface area contributed by atoms with Crippen LogP contribution in [0.4, 0.5) is 5.13 Å². The van der Waals surface area contributed by atoms with Crippen molar-refractivity contribution in [1.82, 2.24) is 10.2 Å². The molecule has 106 valence electrons. The lowest BCUT2D eigenvalue weighted by molar-refractivity contribution is -0.118. The van der Waals surface area contributed by atoms with Gasteiger partial charge < -0.3 is 4.74 Å². The average Bonchev–Trinajstić information content (AvgIpc) is 2.86. The largest absolute Gasteiger partial charge is 0.483 e. The van der Waals surface area contributed by atoms with Crippen molar-refractivity contribution in [3.05, 3.63) is 34.3 Å². The summed E-state index contributed by atoms with van der Waals surface area (Å²) in [5.74, 6) is 0.528. The molecule has 6 heteroatoms. The van der Waals surface area contributed by atoms with E-state index < -0.39 is 0 Å². The molecule has 1 aromatic carbocycles. The highest BCUT2D eigenvalue weighted by Crippen LogP contribution is 2.22. The second kappa shape index (κ2) is 6.47. The number of ether oxygens (including phenoxy) is 1. The molecule has 0 saturated heterocycles. The van der Waals surface area contributed by atoms with Gasteiger partial charge in [-0.3, -0.25) is 10.1 Å². The summed E-state index contributed by atoms with van der Waals surface area (Å²) in [6.07, 6.45) is 0.812. The van der Waals surface area contributed by atoms with E-state index in [0.29, 0.717) is 5.13 Å². The standard InChI is InChI=1S/C14H17N3O2S/c1-4-12-16-17-14(20-12)15-11(18)8-19-13-9(2)6-5-7-10(13)3/h5-7H,4,8H2,1-3H3,(H,15,17,18). The lowest BCUT2D eigenvalue weighted by Gasteiger charge is -2.11. The van der Waals surface area contributed by atoms with Crippen LogP contribution in [0.2, 0.25) is 0 Å². The number of aromatic nitrogens is 2. The van der Waals surface area contributed by atoms with E-state index in [1.54, 1.807) is 0 Å². The molecule has 1 aromatic heterocycles. The van der Waals surface area contributed by atoms with Crippen LogP contribution in [-0.2, 0) is 11.2 Å². The number of rotatable bonds is 5. The molecule has 0 saturated carbocycles. The molecule has 2 aromatic rings. The van der Waals surface area contributed by atoms with E-state index in [4.69, 9.17) is 4.74 Å². The minimum Gasteiger partial charge on any atom is -0.483 e. The molecule has 2 rings (SSSR count). The lowest BCUT2D eigenvalue weighted by atomic mass is 10.1. The van der Waals surface area contributed by atoms with Gasteiger partial charge in [0.2, 0.25) is 5.13 Å². The Morgan fingerprint density at radius 3 is 2.60 bits per heavy atom. The Hall–Kier alpha value is -1.95. The van der Waals surface area contributed by atoms with E-state index in [0.717, 1.165) is 28.3 Å². The van der Waals surface area contributed by atoms with Gasteiger partial charge in [-0.15, -0.1) is 10.2 Å². The van der Waals surface area contributed by atoms with Crippen molar-refractivity contribution in [2.75, 3.05) is 11.9 Å². The predicted molar refractivity (Wildman–Crippen MR) is 79.3 cm³/mol. The third-order valence-corrected chi connectivity index (χ3v) is 3.76. The highest BCUT2D eigenvalue weighted by atomic mass is 32.1. The van der Waals surface area contributed by atoms with Gasteiger partial charge in [0.1, 0.15) is 10.8 Å². The second-order valence-electron chi connectivity index (χ2n) is 4.41. The summed E-state index contributed by atoms with van der Waals surface area (Å²) >= 11 is 1.38. The van der Waals surface area contributed by atoms with Crippen LogP contribution in [0.5, 0.6) is 5.75 Å². The van der Waals surface area contributed by atoms with E-state index >= 15 is 0 Å². The van der Waals surface area contributed by atoms with Crippen LogP contribution >= 0.6 is 11.3 Å². The normalized spacial score (nSPS) is 10.3. The number of amides is 1. The molecule has 1 heterocycles. The average molecular weight is 291 g/mol. The number of aryl methyl sites for hydroxylation is 3. The quantitative estimate of drug-likeness (QED) is 0.920. The Labute approximate surface area is 122 Å². The fourth-order valence-electron chi connectivity index (χ4n) is 1.77. The number of carbonyl (C=O) groups is 1. The smallest absolute Gasteiger partial charge is 0.264 e. The van der Waals surface area contributed by atoms with Crippen molar-refractivity contribution < 1.29 is 9.53 Å². The summed E-state index contributed by atoms with van der Waals surface area (Å²) < 4.78 is 5.58. The van der Waals surface area contributed by atoms with Crippen LogP contribution in [0.15, 0.2) is 18.2 Å². The van der Waals surface area contributed by atoms with Gasteiger partial charge in [0, 0.05) is 0 Å². The monoisotopic (exact) mass is 291 g/mol. The van der Waals surface area contributed by atoms with E-state index in [1.807, 2.05) is 39.0 Å². The van der Waals surface area contributed by atoms with Gasteiger partial charge >= 0.3 is 0 Å². The van der Waals surface area contributed by atoms with E-state index in [9.17, 15) is 4.79 Å². The van der Waals surface area contributed by atoms with Crippen LogP contribution in [0.3, 0.4) is 0 Å². The molecular weight excluding hydrogens is 274 g/mol. The van der Waals surface area contributed by atoms with E-state index in [2.05, 4.69) is 15.5 Å². The van der Waals surface area contributed by atoms with Crippen molar-refractivity contribution in [3.8, 4) is 5.75 Å². The Bertz CT molecular complexity index is 590. The zero-order valence-electron chi connectivity index (χ0n) is 11.8. The fraction of sp³-hybridized carbons (Fsp3) is 0.357. The minimum atomic E-state index is -0.230. The third kappa shape index (κ3) is 3.54. The number of nitrogens with zero attached hydrogens (tertiary/aromatic N) is 2. The summed E-state index contributed by atoms with van der Waals surface area (Å²) in [6, 6.07) is 5.88. The molecule has 5 nitrogen and oxygen atoms in total. The first-order chi connectivity index (χ1) is 9.60. The molecule has 0 unspecified atom stereocenters. The number of hydrogen-bond acceptors (Lipinski definition) is 5. The fourth-order valence-corrected chi connectivity index (χ4v) is 2.46. The van der Waals surface area contributed by atoms with Gasteiger partial charge in [-0.2, -0.15) is 0 Å². The van der Waals surface area contributed by atoms with Gasteiger partial charge in [0.05, 0.1) is 0 Å². The van der Waals surface area contributed by atoms with Crippen molar-refractivity contribution in [3.63, 3.8) is 0 Å². The van der Waals surface area contributed by atoms with Crippen LogP contribution < -0.4 is 10.1 Å². The zero-order valence-corrected chi connectivity index (χ0v) is 12.6. The Balaban J connectivity index is 1.92. The van der Waals surface area contributed by atoms with Gasteiger partial charge in [0.25, 0.3) is 5.91 Å². The first kappa shape index (κ1) is 14.5. The van der Waals surface area contributed by atoms with E-state index in [-0.39, 0.29) is 12.5 Å². The number of benzene rings is 1. The SMILES string of the molecule is CCc1nnc(NC(=O)COc2c(C)cccc2C)s1. The Morgan fingerprint density at radius 1 is 1.30 bits per heavy atom. The van der Waals surface area contributed by atoms with Gasteiger partial charge in [-0.1, -0.05) is 36.5 Å². The number of para-hydroxylation sites is 1. The first-order valence-corrected chi connectivity index (χ1v) is 7.23. The number of carbonyl (C=O) groups excluding carboxylic acids is 1. The zero-order chi connectivity index (χ0) is 14.5. The molecule has 0 bridgehead atoms. The first-order valence-electron chi connectivity index (χ1n) is 6.41. The molecule has 0 aliphatic carbocycles. The van der Waals surface area contributed by atoms with Crippen LogP contribution in [0, 0.1) is 13.8 Å². The molecule has 1 amide bonds. The Kier molecular flexibility index (Phi) is 4.68. The summed E-state index contributed by atoms with van der Waals surface area (Å²) in [4.78, 5) is 11.8. The molecular formula is C14H17N3O2S. The molecule has 0 aliphatic heterocycles. The van der Waals surface area contributed by atoms with Crippen LogP contribution in [0.25, 0.3) is 0 Å². The topological polar surface area (TPSA) is 64.1 Å². The maximum absolute atomic E-state index is 11.8. The number of nitrogens with one attached hydrogen (secondary N) is 1. The van der Waals surface area contributed by atoms with Crippen molar-refractivity contribution in [2.24, 2.45) is 0 Å². The summed E-state index contributed by atoms with van der Waals surface area (Å²) in [5.41, 5.74) is 2.03.